The molecule has 12 heteroatoms. The molecule has 12 nitrogen and oxygen atoms in total. The van der Waals surface area contributed by atoms with Gasteiger partial charge in [-0.25, -0.2) is 4.79 Å². The second-order valence-electron chi connectivity index (χ2n) is 17.0. The highest BCUT2D eigenvalue weighted by atomic mass is 16.9. The van der Waals surface area contributed by atoms with E-state index in [0.717, 1.165) is 0 Å². The van der Waals surface area contributed by atoms with E-state index in [0.29, 0.717) is 49.0 Å². The molecule has 1 aromatic heterocycles. The molecule has 274 valence electrons. The molecular formula is C38H50O12. The Kier molecular flexibility index (Phi) is 6.93. The van der Waals surface area contributed by atoms with Gasteiger partial charge in [0.05, 0.1) is 32.3 Å². The van der Waals surface area contributed by atoms with Crippen molar-refractivity contribution in [3.8, 4) is 0 Å². The third kappa shape index (κ3) is 3.46. The number of furan rings is 1. The van der Waals surface area contributed by atoms with Gasteiger partial charge < -0.3 is 42.3 Å². The first-order valence-corrected chi connectivity index (χ1v) is 17.9. The van der Waals surface area contributed by atoms with E-state index < -0.39 is 74.7 Å². The Morgan fingerprint density at radius 3 is 2.30 bits per heavy atom. The fourth-order valence-corrected chi connectivity index (χ4v) is 13.5. The van der Waals surface area contributed by atoms with E-state index in [1.165, 1.54) is 14.0 Å². The van der Waals surface area contributed by atoms with Crippen LogP contribution < -0.4 is 0 Å². The number of esters is 3. The predicted octanol–water partition coefficient (Wildman–Crippen LogP) is 5.54. The monoisotopic (exact) mass is 698 g/mol. The Morgan fingerprint density at radius 1 is 0.980 bits per heavy atom. The summed E-state index contributed by atoms with van der Waals surface area (Å²) in [7, 11) is 4.62. The number of ether oxygens (including phenoxy) is 8. The highest BCUT2D eigenvalue weighted by Gasteiger charge is 3.02. The van der Waals surface area contributed by atoms with Crippen molar-refractivity contribution in [2.24, 2.45) is 34.0 Å². The summed E-state index contributed by atoms with van der Waals surface area (Å²) in [6, 6.07) is 1.79. The van der Waals surface area contributed by atoms with Crippen LogP contribution in [0.4, 0.5) is 0 Å². The van der Waals surface area contributed by atoms with Crippen molar-refractivity contribution in [3.05, 3.63) is 35.5 Å². The molecule has 0 radical (unpaired) electrons. The summed E-state index contributed by atoms with van der Waals surface area (Å²) in [6.07, 6.45) is 4.01. The van der Waals surface area contributed by atoms with Crippen molar-refractivity contribution in [2.45, 2.75) is 128 Å². The van der Waals surface area contributed by atoms with Gasteiger partial charge in [0.2, 0.25) is 0 Å². The first-order chi connectivity index (χ1) is 23.5. The Bertz CT molecular complexity index is 1690. The van der Waals surface area contributed by atoms with Gasteiger partial charge in [-0.3, -0.25) is 9.59 Å². The molecule has 7 aliphatic rings. The molecule has 0 aromatic carbocycles. The van der Waals surface area contributed by atoms with Crippen LogP contribution in [0.5, 0.6) is 0 Å². The van der Waals surface area contributed by atoms with Gasteiger partial charge in [0, 0.05) is 55.6 Å². The molecule has 12 atom stereocenters. The molecule has 4 bridgehead atoms. The van der Waals surface area contributed by atoms with Crippen LogP contribution in [0.15, 0.2) is 34.3 Å². The van der Waals surface area contributed by atoms with Gasteiger partial charge in [0.1, 0.15) is 28.7 Å². The third-order valence-electron chi connectivity index (χ3n) is 14.5. The zero-order valence-corrected chi connectivity index (χ0v) is 30.8. The molecule has 1 aromatic rings. The summed E-state index contributed by atoms with van der Waals surface area (Å²) < 4.78 is 59.0. The number of fused-ring (bicyclic) bond motifs is 3. The molecule has 0 amide bonds. The standard InChI is InChI=1S/C38H50O12/c1-20(2)26(43-9)25-27-32(5,28(46-21(3)39)22-12-15-45-17-22)13-11-14-36-33(6)23(16-24(40)42-8)31(4)18-35(44-10)30(47-29(25)41)38(27,36)50-34(7,48-36)49-37(33,35)19-31/h12,15,17,20,23,27-28,30H,11,13-14,16,18-19H2,1-10H3/b26-25-. The van der Waals surface area contributed by atoms with Crippen molar-refractivity contribution in [2.75, 3.05) is 21.3 Å². The lowest BCUT2D eigenvalue weighted by Gasteiger charge is -2.75. The fourth-order valence-electron chi connectivity index (χ4n) is 13.5. The Balaban J connectivity index is 1.51. The van der Waals surface area contributed by atoms with Crippen molar-refractivity contribution in [1.82, 2.24) is 0 Å². The van der Waals surface area contributed by atoms with Gasteiger partial charge in [-0.2, -0.15) is 0 Å². The number of methoxy groups -OCH3 is 3. The van der Waals surface area contributed by atoms with Crippen LogP contribution in [0.2, 0.25) is 0 Å². The van der Waals surface area contributed by atoms with Crippen LogP contribution in [0, 0.1) is 34.0 Å². The quantitative estimate of drug-likeness (QED) is 0.146. The van der Waals surface area contributed by atoms with Crippen molar-refractivity contribution in [3.63, 3.8) is 0 Å². The van der Waals surface area contributed by atoms with Crippen LogP contribution in [0.25, 0.3) is 0 Å². The van der Waals surface area contributed by atoms with Gasteiger partial charge in [-0.05, 0) is 49.5 Å². The summed E-state index contributed by atoms with van der Waals surface area (Å²) in [6.45, 7) is 13.5. The minimum Gasteiger partial charge on any atom is -0.500 e. The van der Waals surface area contributed by atoms with Gasteiger partial charge in [0.15, 0.2) is 11.7 Å². The molecule has 50 heavy (non-hydrogen) atoms. The first-order valence-electron chi connectivity index (χ1n) is 17.9. The van der Waals surface area contributed by atoms with Gasteiger partial charge in [-0.1, -0.05) is 34.6 Å². The maximum Gasteiger partial charge on any atom is 0.338 e. The van der Waals surface area contributed by atoms with Crippen LogP contribution in [0.1, 0.15) is 98.7 Å². The minimum absolute atomic E-state index is 0.141. The number of hydrogen-bond acceptors (Lipinski definition) is 12. The molecule has 4 aliphatic carbocycles. The molecule has 4 saturated carbocycles. The van der Waals surface area contributed by atoms with Crippen LogP contribution in [-0.2, 0) is 52.3 Å². The summed E-state index contributed by atoms with van der Waals surface area (Å²) in [4.78, 5) is 41.3. The number of hydrogen-bond donors (Lipinski definition) is 0. The highest BCUT2D eigenvalue weighted by molar-refractivity contribution is 5.92. The summed E-state index contributed by atoms with van der Waals surface area (Å²) >= 11 is 0. The van der Waals surface area contributed by atoms with E-state index in [4.69, 9.17) is 42.3 Å². The van der Waals surface area contributed by atoms with E-state index in [9.17, 15) is 14.4 Å². The molecule has 3 saturated heterocycles. The van der Waals surface area contributed by atoms with Gasteiger partial charge in [-0.15, -0.1) is 0 Å². The average Bonchev–Trinajstić information content (AvgIpc) is 3.73. The topological polar surface area (TPSA) is 138 Å². The molecule has 7 fully saturated rings. The normalized spacial score (nSPS) is 49.3. The molecular weight excluding hydrogens is 648 g/mol. The van der Waals surface area contributed by atoms with Crippen molar-refractivity contribution in [1.29, 1.82) is 0 Å². The Labute approximate surface area is 292 Å². The largest absolute Gasteiger partial charge is 0.500 e. The summed E-state index contributed by atoms with van der Waals surface area (Å²) in [5.41, 5.74) is -6.29. The summed E-state index contributed by atoms with van der Waals surface area (Å²) in [5, 5.41) is 0. The molecule has 3 aliphatic heterocycles. The lowest BCUT2D eigenvalue weighted by molar-refractivity contribution is -0.469. The number of rotatable bonds is 8. The molecule has 3 spiro atoms. The highest BCUT2D eigenvalue weighted by Crippen LogP contribution is 2.90. The van der Waals surface area contributed by atoms with Crippen LogP contribution >= 0.6 is 0 Å². The predicted molar refractivity (Wildman–Crippen MR) is 173 cm³/mol. The van der Waals surface area contributed by atoms with Gasteiger partial charge >= 0.3 is 17.9 Å². The minimum atomic E-state index is -1.56. The molecule has 8 rings (SSSR count). The van der Waals surface area contributed by atoms with E-state index in [1.54, 1.807) is 39.7 Å². The first kappa shape index (κ1) is 34.2. The number of carbonyl (C=O) groups excluding carboxylic acids is 3. The Hall–Kier alpha value is -2.93. The van der Waals surface area contributed by atoms with Gasteiger partial charge in [0.25, 0.3) is 5.97 Å². The SMILES string of the molecule is COC(=O)CC1C2(C)CC3(OC)C4OC(=O)/C(=C(\OC)C(C)C)C5C(C)(C(OC(C)=O)c6ccoc6)CCCC67OC(C)(OC546)OC3(C2)C17C. The van der Waals surface area contributed by atoms with Crippen molar-refractivity contribution < 1.29 is 56.7 Å². The second-order valence-corrected chi connectivity index (χ2v) is 17.0. The number of allylic oxidation sites excluding steroid dienone is 1. The zero-order valence-electron chi connectivity index (χ0n) is 30.8. The Morgan fingerprint density at radius 2 is 1.70 bits per heavy atom. The lowest BCUT2D eigenvalue weighted by atomic mass is 9.36. The smallest absolute Gasteiger partial charge is 0.338 e. The van der Waals surface area contributed by atoms with E-state index >= 15 is 0 Å². The van der Waals surface area contributed by atoms with Crippen LogP contribution in [0.3, 0.4) is 0 Å². The van der Waals surface area contributed by atoms with Crippen molar-refractivity contribution >= 4 is 17.9 Å². The zero-order chi connectivity index (χ0) is 36.1. The second kappa shape index (κ2) is 10.1. The maximum atomic E-state index is 15.0. The van der Waals surface area contributed by atoms with Crippen LogP contribution in [-0.4, -0.2) is 73.7 Å². The van der Waals surface area contributed by atoms with E-state index in [-0.39, 0.29) is 24.2 Å². The fraction of sp³-hybridized carbons (Fsp3) is 0.763. The van der Waals surface area contributed by atoms with E-state index in [1.807, 2.05) is 13.8 Å². The molecule has 12 unspecified atom stereocenters. The maximum absolute atomic E-state index is 15.0. The molecule has 4 heterocycles. The average molecular weight is 699 g/mol. The third-order valence-corrected chi connectivity index (χ3v) is 14.5. The number of carbonyl (C=O) groups is 3. The molecule has 0 N–H and O–H groups in total. The van der Waals surface area contributed by atoms with E-state index in [2.05, 4.69) is 20.8 Å². The lowest BCUT2D eigenvalue weighted by Crippen LogP contribution is -2.91. The summed E-state index contributed by atoms with van der Waals surface area (Å²) in [5.74, 6) is -3.78.